The van der Waals surface area contributed by atoms with Crippen LogP contribution in [0.4, 0.5) is 0 Å². The van der Waals surface area contributed by atoms with E-state index in [-0.39, 0.29) is 5.41 Å². The fourth-order valence-corrected chi connectivity index (χ4v) is 3.12. The molecule has 1 saturated carbocycles. The van der Waals surface area contributed by atoms with E-state index in [4.69, 9.17) is 4.74 Å². The van der Waals surface area contributed by atoms with Crippen molar-refractivity contribution in [2.75, 3.05) is 13.7 Å². The molecule has 1 N–H and O–H groups in total. The van der Waals surface area contributed by atoms with Crippen molar-refractivity contribution >= 4 is 0 Å². The highest BCUT2D eigenvalue weighted by Crippen LogP contribution is 2.52. The number of likely N-dealkylation sites (N-methyl/N-ethyl adjacent to an activating group) is 1. The first-order valence-corrected chi connectivity index (χ1v) is 6.92. The number of benzene rings is 1. The largest absolute Gasteiger partial charge is 0.497 e. The van der Waals surface area contributed by atoms with E-state index >= 15 is 0 Å². The molecule has 1 aliphatic heterocycles. The molecule has 1 fully saturated rings. The molecular weight excluding hydrogens is 222 g/mol. The molecule has 2 nitrogen and oxygen atoms in total. The molecule has 18 heavy (non-hydrogen) atoms. The van der Waals surface area contributed by atoms with Gasteiger partial charge in [0.15, 0.2) is 0 Å². The van der Waals surface area contributed by atoms with Gasteiger partial charge in [-0.2, -0.15) is 0 Å². The van der Waals surface area contributed by atoms with Crippen molar-refractivity contribution in [2.45, 2.75) is 37.1 Å². The Morgan fingerprint density at radius 2 is 2.00 bits per heavy atom. The quantitative estimate of drug-likeness (QED) is 0.877. The third-order valence-corrected chi connectivity index (χ3v) is 4.23. The number of rotatable bonds is 4. The summed E-state index contributed by atoms with van der Waals surface area (Å²) < 4.78 is 5.88. The Labute approximate surface area is 109 Å². The van der Waals surface area contributed by atoms with Gasteiger partial charge >= 0.3 is 0 Å². The Morgan fingerprint density at radius 1 is 1.22 bits per heavy atom. The monoisotopic (exact) mass is 243 g/mol. The molecule has 3 rings (SSSR count). The van der Waals surface area contributed by atoms with Crippen LogP contribution in [-0.2, 0) is 10.2 Å². The van der Waals surface area contributed by atoms with E-state index < -0.39 is 0 Å². The second kappa shape index (κ2) is 4.77. The number of ether oxygens (including phenoxy) is 1. The molecule has 1 aliphatic carbocycles. The summed E-state index contributed by atoms with van der Waals surface area (Å²) in [5.74, 6) is 1.16. The van der Waals surface area contributed by atoms with Gasteiger partial charge in [-0.3, -0.25) is 0 Å². The van der Waals surface area contributed by atoms with Gasteiger partial charge in [0.2, 0.25) is 0 Å². The van der Waals surface area contributed by atoms with Crippen LogP contribution in [0.15, 0.2) is 42.2 Å². The first kappa shape index (κ1) is 11.8. The predicted molar refractivity (Wildman–Crippen MR) is 73.5 cm³/mol. The molecule has 1 atom stereocenters. The van der Waals surface area contributed by atoms with E-state index in [9.17, 15) is 0 Å². The molecule has 0 aromatic heterocycles. The number of hydrogen-bond donors (Lipinski definition) is 1. The zero-order valence-corrected chi connectivity index (χ0v) is 11.0. The molecule has 2 aliphatic rings. The molecule has 0 bridgehead atoms. The SMILES string of the molecule is CNC(C1=CCCCO1)C1(c2ccccc2)CC1. The lowest BCUT2D eigenvalue weighted by Gasteiger charge is -2.31. The standard InChI is InChI=1S/C16H21NO/c1-17-15(14-9-5-6-12-18-14)16(10-11-16)13-7-3-2-4-8-13/h2-4,7-9,15,17H,5-6,10-12H2,1H3. The van der Waals surface area contributed by atoms with Crippen LogP contribution in [0.5, 0.6) is 0 Å². The molecule has 1 aromatic rings. The third kappa shape index (κ3) is 1.95. The van der Waals surface area contributed by atoms with E-state index in [1.807, 2.05) is 7.05 Å². The zero-order valence-electron chi connectivity index (χ0n) is 11.0. The van der Waals surface area contributed by atoms with Crippen molar-refractivity contribution in [3.05, 3.63) is 47.7 Å². The maximum absolute atomic E-state index is 5.88. The fourth-order valence-electron chi connectivity index (χ4n) is 3.12. The summed E-state index contributed by atoms with van der Waals surface area (Å²) in [5, 5.41) is 3.48. The molecular formula is C16H21NO. The van der Waals surface area contributed by atoms with Crippen molar-refractivity contribution in [1.82, 2.24) is 5.32 Å². The minimum absolute atomic E-state index is 0.263. The van der Waals surface area contributed by atoms with E-state index in [1.54, 1.807) is 0 Å². The Balaban J connectivity index is 1.90. The van der Waals surface area contributed by atoms with E-state index in [2.05, 4.69) is 41.7 Å². The topological polar surface area (TPSA) is 21.3 Å². The number of nitrogens with one attached hydrogen (secondary N) is 1. The maximum Gasteiger partial charge on any atom is 0.110 e. The van der Waals surface area contributed by atoms with Gasteiger partial charge in [0.1, 0.15) is 5.76 Å². The van der Waals surface area contributed by atoms with Gasteiger partial charge in [0.05, 0.1) is 12.6 Å². The van der Waals surface area contributed by atoms with Crippen molar-refractivity contribution < 1.29 is 4.74 Å². The van der Waals surface area contributed by atoms with Crippen LogP contribution in [0, 0.1) is 0 Å². The Morgan fingerprint density at radius 3 is 2.56 bits per heavy atom. The van der Waals surface area contributed by atoms with Gasteiger partial charge < -0.3 is 10.1 Å². The van der Waals surface area contributed by atoms with Gasteiger partial charge in [-0.1, -0.05) is 30.3 Å². The van der Waals surface area contributed by atoms with Crippen LogP contribution in [0.3, 0.4) is 0 Å². The maximum atomic E-state index is 5.88. The molecule has 0 saturated heterocycles. The van der Waals surface area contributed by atoms with Crippen LogP contribution in [0.2, 0.25) is 0 Å². The number of hydrogen-bond acceptors (Lipinski definition) is 2. The zero-order chi connectivity index (χ0) is 12.4. The summed E-state index contributed by atoms with van der Waals surface area (Å²) >= 11 is 0. The van der Waals surface area contributed by atoms with Gasteiger partial charge in [0, 0.05) is 5.41 Å². The van der Waals surface area contributed by atoms with Crippen molar-refractivity contribution in [1.29, 1.82) is 0 Å². The summed E-state index contributed by atoms with van der Waals surface area (Å²) in [6, 6.07) is 11.2. The van der Waals surface area contributed by atoms with Gasteiger partial charge in [-0.25, -0.2) is 0 Å². The predicted octanol–water partition coefficient (Wildman–Crippen LogP) is 3.00. The second-order valence-corrected chi connectivity index (χ2v) is 5.34. The molecule has 1 heterocycles. The summed E-state index contributed by atoms with van der Waals surface area (Å²) in [6.45, 7) is 0.870. The third-order valence-electron chi connectivity index (χ3n) is 4.23. The normalized spacial score (nSPS) is 22.8. The first-order valence-electron chi connectivity index (χ1n) is 6.92. The minimum atomic E-state index is 0.263. The van der Waals surface area contributed by atoms with Crippen molar-refractivity contribution in [3.8, 4) is 0 Å². The van der Waals surface area contributed by atoms with Crippen LogP contribution in [0.1, 0.15) is 31.2 Å². The van der Waals surface area contributed by atoms with Crippen LogP contribution in [-0.4, -0.2) is 19.7 Å². The molecule has 96 valence electrons. The van der Waals surface area contributed by atoms with Gasteiger partial charge in [-0.15, -0.1) is 0 Å². The lowest BCUT2D eigenvalue weighted by molar-refractivity contribution is 0.159. The second-order valence-electron chi connectivity index (χ2n) is 5.34. The minimum Gasteiger partial charge on any atom is -0.497 e. The van der Waals surface area contributed by atoms with Crippen LogP contribution < -0.4 is 5.32 Å². The molecule has 0 spiro atoms. The molecule has 2 heteroatoms. The van der Waals surface area contributed by atoms with E-state index in [1.165, 1.54) is 18.4 Å². The average Bonchev–Trinajstić information content (AvgIpc) is 3.24. The van der Waals surface area contributed by atoms with E-state index in [0.29, 0.717) is 6.04 Å². The lowest BCUT2D eigenvalue weighted by atomic mass is 9.86. The molecule has 1 unspecified atom stereocenters. The molecule has 0 radical (unpaired) electrons. The average molecular weight is 243 g/mol. The Bertz CT molecular complexity index is 434. The van der Waals surface area contributed by atoms with Crippen LogP contribution in [0.25, 0.3) is 0 Å². The summed E-state index contributed by atoms with van der Waals surface area (Å²) in [6.07, 6.45) is 7.08. The van der Waals surface area contributed by atoms with Gasteiger partial charge in [0.25, 0.3) is 0 Å². The Hall–Kier alpha value is -1.28. The van der Waals surface area contributed by atoms with Crippen LogP contribution >= 0.6 is 0 Å². The highest BCUT2D eigenvalue weighted by molar-refractivity contribution is 5.37. The number of allylic oxidation sites excluding steroid dienone is 1. The fraction of sp³-hybridized carbons (Fsp3) is 0.500. The smallest absolute Gasteiger partial charge is 0.110 e. The summed E-state index contributed by atoms with van der Waals surface area (Å²) in [7, 11) is 2.05. The van der Waals surface area contributed by atoms with Gasteiger partial charge in [-0.05, 0) is 44.4 Å². The first-order chi connectivity index (χ1) is 8.87. The lowest BCUT2D eigenvalue weighted by Crippen LogP contribution is -2.40. The highest BCUT2D eigenvalue weighted by atomic mass is 16.5. The Kier molecular flexibility index (Phi) is 3.13. The highest BCUT2D eigenvalue weighted by Gasteiger charge is 2.52. The van der Waals surface area contributed by atoms with Crippen molar-refractivity contribution in [2.24, 2.45) is 0 Å². The molecule has 0 amide bonds. The van der Waals surface area contributed by atoms with Crippen molar-refractivity contribution in [3.63, 3.8) is 0 Å². The summed E-state index contributed by atoms with van der Waals surface area (Å²) in [4.78, 5) is 0. The summed E-state index contributed by atoms with van der Waals surface area (Å²) in [5.41, 5.74) is 1.71. The van der Waals surface area contributed by atoms with E-state index in [0.717, 1.165) is 25.2 Å². The molecule has 1 aromatic carbocycles.